The van der Waals surface area contributed by atoms with Crippen LogP contribution in [0.4, 0.5) is 5.69 Å². The topological polar surface area (TPSA) is 123 Å². The van der Waals surface area contributed by atoms with Gasteiger partial charge in [0, 0.05) is 12.1 Å². The first kappa shape index (κ1) is 17.7. The third kappa shape index (κ3) is 5.20. The standard InChI is InChI=1S/C16H15N3O6/c1-24-15-7-2-11(8-14(15)20)9-17-18-16(21)10-25-13-5-3-12(4-6-13)19(22)23/h2-9,20H,10H2,1H3,(H,18,21)/b17-9+. The molecule has 25 heavy (non-hydrogen) atoms. The lowest BCUT2D eigenvalue weighted by atomic mass is 10.2. The number of hydrogen-bond acceptors (Lipinski definition) is 7. The molecule has 0 saturated carbocycles. The highest BCUT2D eigenvalue weighted by Crippen LogP contribution is 2.25. The van der Waals surface area contributed by atoms with E-state index in [0.717, 1.165) is 0 Å². The molecule has 9 nitrogen and oxygen atoms in total. The van der Waals surface area contributed by atoms with Gasteiger partial charge in [-0.25, -0.2) is 5.43 Å². The Morgan fingerprint density at radius 2 is 2.04 bits per heavy atom. The summed E-state index contributed by atoms with van der Waals surface area (Å²) in [5.41, 5.74) is 2.76. The van der Waals surface area contributed by atoms with E-state index in [-0.39, 0.29) is 18.0 Å². The van der Waals surface area contributed by atoms with Gasteiger partial charge in [0.1, 0.15) is 5.75 Å². The molecule has 2 rings (SSSR count). The minimum Gasteiger partial charge on any atom is -0.504 e. The number of methoxy groups -OCH3 is 1. The molecule has 0 atom stereocenters. The second-order valence-electron chi connectivity index (χ2n) is 4.76. The Hall–Kier alpha value is -3.62. The van der Waals surface area contributed by atoms with Gasteiger partial charge in [0.2, 0.25) is 0 Å². The normalized spacial score (nSPS) is 10.4. The summed E-state index contributed by atoms with van der Waals surface area (Å²) >= 11 is 0. The van der Waals surface area contributed by atoms with E-state index in [1.807, 2.05) is 0 Å². The molecule has 0 unspecified atom stereocenters. The number of aromatic hydroxyl groups is 1. The Bertz CT molecular complexity index is 789. The predicted octanol–water partition coefficient (Wildman–Crippen LogP) is 1.84. The maximum atomic E-state index is 11.6. The van der Waals surface area contributed by atoms with Gasteiger partial charge in [0.05, 0.1) is 18.2 Å². The number of benzene rings is 2. The third-order valence-electron chi connectivity index (χ3n) is 3.02. The molecule has 0 radical (unpaired) electrons. The van der Waals surface area contributed by atoms with E-state index < -0.39 is 10.8 Å². The lowest BCUT2D eigenvalue weighted by molar-refractivity contribution is -0.384. The zero-order valence-electron chi connectivity index (χ0n) is 13.2. The van der Waals surface area contributed by atoms with E-state index in [1.165, 1.54) is 43.7 Å². The number of hydrazone groups is 1. The zero-order valence-corrected chi connectivity index (χ0v) is 13.2. The van der Waals surface area contributed by atoms with Crippen LogP contribution in [0.5, 0.6) is 17.2 Å². The molecule has 1 amide bonds. The summed E-state index contributed by atoms with van der Waals surface area (Å²) in [4.78, 5) is 21.6. The van der Waals surface area contributed by atoms with Crippen LogP contribution < -0.4 is 14.9 Å². The molecule has 2 N–H and O–H groups in total. The van der Waals surface area contributed by atoms with Gasteiger partial charge in [-0.15, -0.1) is 0 Å². The van der Waals surface area contributed by atoms with Crippen molar-refractivity contribution in [2.24, 2.45) is 5.10 Å². The summed E-state index contributed by atoms with van der Waals surface area (Å²) in [6.07, 6.45) is 1.35. The molecule has 0 aliphatic carbocycles. The van der Waals surface area contributed by atoms with Crippen molar-refractivity contribution in [2.45, 2.75) is 0 Å². The lowest BCUT2D eigenvalue weighted by Gasteiger charge is -2.05. The second kappa shape index (κ2) is 8.29. The molecule has 0 aliphatic rings. The SMILES string of the molecule is COc1ccc(/C=N/NC(=O)COc2ccc([N+](=O)[O-])cc2)cc1O. The highest BCUT2D eigenvalue weighted by molar-refractivity contribution is 5.83. The molecule has 0 fully saturated rings. The molecular formula is C16H15N3O6. The number of phenols is 1. The Labute approximate surface area is 142 Å². The number of carbonyl (C=O) groups excluding carboxylic acids is 1. The van der Waals surface area contributed by atoms with Crippen LogP contribution in [-0.4, -0.2) is 35.9 Å². The predicted molar refractivity (Wildman–Crippen MR) is 89.0 cm³/mol. The van der Waals surface area contributed by atoms with Crippen molar-refractivity contribution in [3.63, 3.8) is 0 Å². The van der Waals surface area contributed by atoms with E-state index in [9.17, 15) is 20.0 Å². The fourth-order valence-electron chi connectivity index (χ4n) is 1.81. The molecular weight excluding hydrogens is 330 g/mol. The van der Waals surface area contributed by atoms with E-state index in [4.69, 9.17) is 9.47 Å². The van der Waals surface area contributed by atoms with Gasteiger partial charge in [-0.2, -0.15) is 5.10 Å². The zero-order chi connectivity index (χ0) is 18.2. The highest BCUT2D eigenvalue weighted by Gasteiger charge is 2.06. The number of phenolic OH excluding ortho intramolecular Hbond substituents is 1. The van der Waals surface area contributed by atoms with E-state index >= 15 is 0 Å². The van der Waals surface area contributed by atoms with Crippen LogP contribution >= 0.6 is 0 Å². The van der Waals surface area contributed by atoms with Crippen molar-refractivity contribution in [1.82, 2.24) is 5.43 Å². The average Bonchev–Trinajstić information content (AvgIpc) is 2.60. The van der Waals surface area contributed by atoms with Gasteiger partial charge in [0.15, 0.2) is 18.1 Å². The maximum Gasteiger partial charge on any atom is 0.277 e. The van der Waals surface area contributed by atoms with Gasteiger partial charge in [-0.3, -0.25) is 14.9 Å². The summed E-state index contributed by atoms with van der Waals surface area (Å²) in [5.74, 6) is 0.106. The molecule has 0 heterocycles. The van der Waals surface area contributed by atoms with Crippen LogP contribution in [0.2, 0.25) is 0 Å². The molecule has 0 saturated heterocycles. The number of nitrogens with one attached hydrogen (secondary N) is 1. The smallest absolute Gasteiger partial charge is 0.277 e. The van der Waals surface area contributed by atoms with Crippen molar-refractivity contribution in [3.8, 4) is 17.2 Å². The molecule has 2 aromatic rings. The number of amides is 1. The number of ether oxygens (including phenoxy) is 2. The van der Waals surface area contributed by atoms with Crippen LogP contribution in [0.3, 0.4) is 0 Å². The first-order chi connectivity index (χ1) is 12.0. The third-order valence-corrected chi connectivity index (χ3v) is 3.02. The van der Waals surface area contributed by atoms with Crippen LogP contribution in [0.25, 0.3) is 0 Å². The Balaban J connectivity index is 1.82. The lowest BCUT2D eigenvalue weighted by Crippen LogP contribution is -2.24. The Morgan fingerprint density at radius 3 is 2.64 bits per heavy atom. The number of nitro groups is 1. The van der Waals surface area contributed by atoms with Gasteiger partial charge < -0.3 is 14.6 Å². The summed E-state index contributed by atoms with van der Waals surface area (Å²) in [5, 5.41) is 23.9. The molecule has 0 aromatic heterocycles. The quantitative estimate of drug-likeness (QED) is 0.448. The van der Waals surface area contributed by atoms with Gasteiger partial charge in [-0.05, 0) is 35.9 Å². The molecule has 9 heteroatoms. The molecule has 0 bridgehead atoms. The van der Waals surface area contributed by atoms with Crippen molar-refractivity contribution in [1.29, 1.82) is 0 Å². The van der Waals surface area contributed by atoms with Crippen molar-refractivity contribution < 1.29 is 24.3 Å². The maximum absolute atomic E-state index is 11.6. The monoisotopic (exact) mass is 345 g/mol. The fraction of sp³-hybridized carbons (Fsp3) is 0.125. The average molecular weight is 345 g/mol. The second-order valence-corrected chi connectivity index (χ2v) is 4.76. The fourth-order valence-corrected chi connectivity index (χ4v) is 1.81. The molecule has 2 aromatic carbocycles. The van der Waals surface area contributed by atoms with Crippen molar-refractivity contribution in [2.75, 3.05) is 13.7 Å². The Kier molecular flexibility index (Phi) is 5.88. The van der Waals surface area contributed by atoms with Crippen molar-refractivity contribution >= 4 is 17.8 Å². The minimum absolute atomic E-state index is 0.0423. The first-order valence-corrected chi connectivity index (χ1v) is 7.06. The van der Waals surface area contributed by atoms with Gasteiger partial charge in [0.25, 0.3) is 11.6 Å². The Morgan fingerprint density at radius 1 is 1.32 bits per heavy atom. The van der Waals surface area contributed by atoms with Gasteiger partial charge >= 0.3 is 0 Å². The summed E-state index contributed by atoms with van der Waals surface area (Å²) in [6.45, 7) is -0.303. The number of carbonyl (C=O) groups is 1. The first-order valence-electron chi connectivity index (χ1n) is 7.06. The molecule has 130 valence electrons. The van der Waals surface area contributed by atoms with Gasteiger partial charge in [-0.1, -0.05) is 0 Å². The number of non-ortho nitro benzene ring substituents is 1. The number of nitrogens with zero attached hydrogens (tertiary/aromatic N) is 2. The highest BCUT2D eigenvalue weighted by atomic mass is 16.6. The molecule has 0 spiro atoms. The van der Waals surface area contributed by atoms with E-state index in [0.29, 0.717) is 17.1 Å². The van der Waals surface area contributed by atoms with E-state index in [1.54, 1.807) is 12.1 Å². The van der Waals surface area contributed by atoms with E-state index in [2.05, 4.69) is 10.5 Å². The minimum atomic E-state index is -0.526. The number of hydrogen-bond donors (Lipinski definition) is 2. The number of rotatable bonds is 7. The van der Waals surface area contributed by atoms with Crippen LogP contribution in [-0.2, 0) is 4.79 Å². The molecule has 0 aliphatic heterocycles. The largest absolute Gasteiger partial charge is 0.504 e. The number of nitro benzene ring substituents is 1. The van der Waals surface area contributed by atoms with Crippen LogP contribution in [0.1, 0.15) is 5.56 Å². The summed E-state index contributed by atoms with van der Waals surface area (Å²) in [6, 6.07) is 10.0. The van der Waals surface area contributed by atoms with Crippen LogP contribution in [0, 0.1) is 10.1 Å². The summed E-state index contributed by atoms with van der Waals surface area (Å²) in [7, 11) is 1.44. The summed E-state index contributed by atoms with van der Waals surface area (Å²) < 4.78 is 10.1. The van der Waals surface area contributed by atoms with Crippen molar-refractivity contribution in [3.05, 3.63) is 58.1 Å². The van der Waals surface area contributed by atoms with Crippen LogP contribution in [0.15, 0.2) is 47.6 Å².